The van der Waals surface area contributed by atoms with Gasteiger partial charge in [0.15, 0.2) is 11.5 Å². The molecule has 0 radical (unpaired) electrons. The molecule has 1 saturated carbocycles. The lowest BCUT2D eigenvalue weighted by Crippen LogP contribution is -2.38. The second kappa shape index (κ2) is 10.3. The SMILES string of the molecule is COc1cccc(C(=O)N(Cc2cc(C(=O)NCc3ccc(F)cc3)no2)C2CCCC2)c1. The normalized spacial score (nSPS) is 13.6. The van der Waals surface area contributed by atoms with Crippen molar-refractivity contribution in [1.82, 2.24) is 15.4 Å². The molecule has 0 spiro atoms. The maximum Gasteiger partial charge on any atom is 0.273 e. The van der Waals surface area contributed by atoms with Crippen molar-refractivity contribution in [2.24, 2.45) is 0 Å². The number of carbonyl (C=O) groups excluding carboxylic acids is 2. The van der Waals surface area contributed by atoms with Crippen molar-refractivity contribution in [3.8, 4) is 5.75 Å². The number of carbonyl (C=O) groups is 2. The van der Waals surface area contributed by atoms with Crippen LogP contribution in [-0.2, 0) is 13.1 Å². The monoisotopic (exact) mass is 451 g/mol. The maximum atomic E-state index is 13.3. The van der Waals surface area contributed by atoms with Crippen molar-refractivity contribution >= 4 is 11.8 Å². The van der Waals surface area contributed by atoms with Gasteiger partial charge in [0, 0.05) is 24.2 Å². The second-order valence-corrected chi connectivity index (χ2v) is 8.09. The molecular weight excluding hydrogens is 425 g/mol. The van der Waals surface area contributed by atoms with Gasteiger partial charge in [0.1, 0.15) is 11.6 Å². The van der Waals surface area contributed by atoms with Crippen LogP contribution in [0.4, 0.5) is 4.39 Å². The Morgan fingerprint density at radius 1 is 1.15 bits per heavy atom. The molecule has 8 heteroatoms. The molecule has 0 aliphatic heterocycles. The van der Waals surface area contributed by atoms with Crippen LogP contribution in [-0.4, -0.2) is 35.0 Å². The van der Waals surface area contributed by atoms with Crippen LogP contribution >= 0.6 is 0 Å². The van der Waals surface area contributed by atoms with Gasteiger partial charge in [-0.2, -0.15) is 0 Å². The van der Waals surface area contributed by atoms with Crippen molar-refractivity contribution < 1.29 is 23.2 Å². The molecule has 0 atom stereocenters. The van der Waals surface area contributed by atoms with E-state index in [1.807, 2.05) is 0 Å². The molecule has 4 rings (SSSR count). The third-order valence-electron chi connectivity index (χ3n) is 5.83. The molecule has 2 aromatic carbocycles. The number of hydrogen-bond donors (Lipinski definition) is 1. The number of nitrogens with one attached hydrogen (secondary N) is 1. The molecule has 2 amide bonds. The number of benzene rings is 2. The van der Waals surface area contributed by atoms with Crippen LogP contribution in [0.3, 0.4) is 0 Å². The average molecular weight is 451 g/mol. The van der Waals surface area contributed by atoms with Gasteiger partial charge in [-0.3, -0.25) is 9.59 Å². The number of aromatic nitrogens is 1. The minimum Gasteiger partial charge on any atom is -0.497 e. The lowest BCUT2D eigenvalue weighted by molar-refractivity contribution is 0.0643. The van der Waals surface area contributed by atoms with E-state index in [-0.39, 0.29) is 36.5 Å². The third-order valence-corrected chi connectivity index (χ3v) is 5.83. The molecule has 0 saturated heterocycles. The van der Waals surface area contributed by atoms with Crippen LogP contribution < -0.4 is 10.1 Å². The number of amides is 2. The predicted molar refractivity (Wildman–Crippen MR) is 119 cm³/mol. The summed E-state index contributed by atoms with van der Waals surface area (Å²) in [5.74, 6) is 0.207. The summed E-state index contributed by atoms with van der Waals surface area (Å²) in [5.41, 5.74) is 1.44. The van der Waals surface area contributed by atoms with Gasteiger partial charge in [-0.25, -0.2) is 4.39 Å². The van der Waals surface area contributed by atoms with Gasteiger partial charge in [0.25, 0.3) is 11.8 Å². The predicted octanol–water partition coefficient (Wildman–Crippen LogP) is 4.34. The van der Waals surface area contributed by atoms with Gasteiger partial charge < -0.3 is 19.5 Å². The Bertz CT molecular complexity index is 1110. The maximum absolute atomic E-state index is 13.3. The lowest BCUT2D eigenvalue weighted by Gasteiger charge is -2.28. The number of hydrogen-bond acceptors (Lipinski definition) is 5. The van der Waals surface area contributed by atoms with Crippen molar-refractivity contribution in [3.63, 3.8) is 0 Å². The molecule has 0 bridgehead atoms. The van der Waals surface area contributed by atoms with E-state index in [0.717, 1.165) is 31.2 Å². The summed E-state index contributed by atoms with van der Waals surface area (Å²) < 4.78 is 23.7. The van der Waals surface area contributed by atoms with Gasteiger partial charge in [0.05, 0.1) is 13.7 Å². The molecule has 1 aromatic heterocycles. The molecule has 1 aliphatic carbocycles. The van der Waals surface area contributed by atoms with Crippen LogP contribution in [0.15, 0.2) is 59.1 Å². The lowest BCUT2D eigenvalue weighted by atomic mass is 10.1. The highest BCUT2D eigenvalue weighted by Crippen LogP contribution is 2.27. The largest absolute Gasteiger partial charge is 0.497 e. The Kier molecular flexibility index (Phi) is 7.02. The van der Waals surface area contributed by atoms with E-state index < -0.39 is 5.91 Å². The van der Waals surface area contributed by atoms with Crippen molar-refractivity contribution in [2.45, 2.75) is 44.8 Å². The zero-order chi connectivity index (χ0) is 23.2. The summed E-state index contributed by atoms with van der Waals surface area (Å²) in [7, 11) is 1.56. The fraction of sp³-hybridized carbons (Fsp3) is 0.320. The Balaban J connectivity index is 1.45. The van der Waals surface area contributed by atoms with E-state index in [1.165, 1.54) is 12.1 Å². The Morgan fingerprint density at radius 3 is 2.64 bits per heavy atom. The number of halogens is 1. The van der Waals surface area contributed by atoms with Crippen molar-refractivity contribution in [1.29, 1.82) is 0 Å². The van der Waals surface area contributed by atoms with Crippen molar-refractivity contribution in [3.05, 3.63) is 83.0 Å². The topological polar surface area (TPSA) is 84.7 Å². The van der Waals surface area contributed by atoms with Crippen LogP contribution in [0.2, 0.25) is 0 Å². The summed E-state index contributed by atoms with van der Waals surface area (Å²) in [5, 5.41) is 6.62. The van der Waals surface area contributed by atoms with E-state index in [4.69, 9.17) is 9.26 Å². The van der Waals surface area contributed by atoms with Crippen molar-refractivity contribution in [2.75, 3.05) is 7.11 Å². The highest BCUT2D eigenvalue weighted by molar-refractivity contribution is 5.95. The highest BCUT2D eigenvalue weighted by Gasteiger charge is 2.29. The molecule has 1 aliphatic rings. The smallest absolute Gasteiger partial charge is 0.273 e. The zero-order valence-corrected chi connectivity index (χ0v) is 18.4. The molecule has 1 fully saturated rings. The Hall–Kier alpha value is -3.68. The molecule has 1 heterocycles. The molecular formula is C25H26FN3O4. The zero-order valence-electron chi connectivity index (χ0n) is 18.4. The van der Waals surface area contributed by atoms with Crippen LogP contribution in [0.5, 0.6) is 5.75 Å². The first-order valence-electron chi connectivity index (χ1n) is 11.0. The fourth-order valence-corrected chi connectivity index (χ4v) is 4.04. The van der Waals surface area contributed by atoms with Gasteiger partial charge in [-0.05, 0) is 48.7 Å². The molecule has 1 N–H and O–H groups in total. The van der Waals surface area contributed by atoms with E-state index in [9.17, 15) is 14.0 Å². The summed E-state index contributed by atoms with van der Waals surface area (Å²) in [6.07, 6.45) is 3.99. The Morgan fingerprint density at radius 2 is 1.91 bits per heavy atom. The number of nitrogens with zero attached hydrogens (tertiary/aromatic N) is 2. The van der Waals surface area contributed by atoms with E-state index >= 15 is 0 Å². The highest BCUT2D eigenvalue weighted by atomic mass is 19.1. The summed E-state index contributed by atoms with van der Waals surface area (Å²) in [6, 6.07) is 14.6. The first-order chi connectivity index (χ1) is 16.0. The van der Waals surface area contributed by atoms with Gasteiger partial charge in [-0.15, -0.1) is 0 Å². The third kappa shape index (κ3) is 5.58. The first-order valence-corrected chi connectivity index (χ1v) is 11.0. The fourth-order valence-electron chi connectivity index (χ4n) is 4.04. The summed E-state index contributed by atoms with van der Waals surface area (Å²) >= 11 is 0. The summed E-state index contributed by atoms with van der Waals surface area (Å²) in [4.78, 5) is 27.6. The van der Waals surface area contributed by atoms with Crippen LogP contribution in [0, 0.1) is 5.82 Å². The molecule has 172 valence electrons. The molecule has 3 aromatic rings. The standard InChI is InChI=1S/C25H26FN3O4/c1-32-21-8-4-5-18(13-21)25(31)29(20-6-2-3-7-20)16-22-14-23(28-33-22)24(30)27-15-17-9-11-19(26)12-10-17/h4-5,8-14,20H,2-3,6-7,15-16H2,1H3,(H,27,30). The minimum atomic E-state index is -0.402. The molecule has 33 heavy (non-hydrogen) atoms. The summed E-state index contributed by atoms with van der Waals surface area (Å²) in [6.45, 7) is 0.461. The Labute approximate surface area is 191 Å². The molecule has 7 nitrogen and oxygen atoms in total. The minimum absolute atomic E-state index is 0.101. The van der Waals surface area contributed by atoms with Crippen LogP contribution in [0.25, 0.3) is 0 Å². The number of methoxy groups -OCH3 is 1. The van der Waals surface area contributed by atoms with E-state index in [2.05, 4.69) is 10.5 Å². The second-order valence-electron chi connectivity index (χ2n) is 8.09. The quantitative estimate of drug-likeness (QED) is 0.551. The number of rotatable bonds is 8. The van der Waals surface area contributed by atoms with E-state index in [1.54, 1.807) is 54.5 Å². The molecule has 0 unspecified atom stereocenters. The number of ether oxygens (including phenoxy) is 1. The van der Waals surface area contributed by atoms with E-state index in [0.29, 0.717) is 17.1 Å². The average Bonchev–Trinajstić information content (AvgIpc) is 3.54. The first kappa shape index (κ1) is 22.5. The van der Waals surface area contributed by atoms with Crippen LogP contribution in [0.1, 0.15) is 57.9 Å². The van der Waals surface area contributed by atoms with Gasteiger partial charge in [0.2, 0.25) is 0 Å². The van der Waals surface area contributed by atoms with Gasteiger partial charge >= 0.3 is 0 Å². The van der Waals surface area contributed by atoms with Gasteiger partial charge in [-0.1, -0.05) is 36.2 Å².